The zero-order valence-corrected chi connectivity index (χ0v) is 40.5. The zero-order valence-electron chi connectivity index (χ0n) is 40.5. The maximum Gasteiger partial charge on any atom is 0.305 e. The number of esters is 1. The zero-order chi connectivity index (χ0) is 46.1. The Morgan fingerprint density at radius 2 is 0.952 bits per heavy atom. The number of carbonyl (C=O) groups is 2. The third-order valence-electron chi connectivity index (χ3n) is 22.2. The van der Waals surface area contributed by atoms with Gasteiger partial charge in [-0.2, -0.15) is 0 Å². The predicted molar refractivity (Wildman–Crippen MR) is 241 cm³/mol. The van der Waals surface area contributed by atoms with Crippen molar-refractivity contribution in [1.82, 2.24) is 0 Å². The molecule has 8 unspecified atom stereocenters. The Bertz CT molecular complexity index is 1610. The van der Waals surface area contributed by atoms with Gasteiger partial charge in [0.2, 0.25) is 0 Å². The van der Waals surface area contributed by atoms with Crippen molar-refractivity contribution in [2.24, 2.45) is 105 Å². The van der Waals surface area contributed by atoms with Crippen LogP contribution >= 0.6 is 0 Å². The van der Waals surface area contributed by atoms with E-state index in [-0.39, 0.29) is 69.6 Å². The van der Waals surface area contributed by atoms with Crippen LogP contribution in [0.3, 0.4) is 0 Å². The van der Waals surface area contributed by atoms with Crippen LogP contribution < -0.4 is 0 Å². The maximum absolute atomic E-state index is 15.4. The normalized spacial score (nSPS) is 52.0. The minimum atomic E-state index is -1.24. The van der Waals surface area contributed by atoms with Gasteiger partial charge in [-0.15, -0.1) is 0 Å². The largest absolute Gasteiger partial charge is 0.481 e. The topological polar surface area (TPSA) is 145 Å². The monoisotopic (exact) mass is 891 g/mol. The lowest BCUT2D eigenvalue weighted by molar-refractivity contribution is -0.222. The van der Waals surface area contributed by atoms with E-state index < -0.39 is 42.7 Å². The van der Waals surface area contributed by atoms with Crippen molar-refractivity contribution < 1.29 is 48.6 Å². The first-order valence-corrected chi connectivity index (χ1v) is 25.9. The molecular weight excluding hydrogens is 803 g/mol. The number of hydrogen-bond donors (Lipinski definition) is 5. The Kier molecular flexibility index (Phi) is 14.6. The van der Waals surface area contributed by atoms with Crippen LogP contribution in [0.25, 0.3) is 0 Å². The molecule has 362 valence electrons. The van der Waals surface area contributed by atoms with Crippen molar-refractivity contribution in [3.8, 4) is 0 Å². The van der Waals surface area contributed by atoms with Crippen LogP contribution in [0.15, 0.2) is 0 Å². The fraction of sp³-hybridized carbons (Fsp3) is 0.962. The number of rotatable bonds is 10. The van der Waals surface area contributed by atoms with Crippen LogP contribution in [-0.4, -0.2) is 81.3 Å². The van der Waals surface area contributed by atoms with E-state index in [1.807, 2.05) is 0 Å². The molecule has 0 aromatic rings. The summed E-state index contributed by atoms with van der Waals surface area (Å²) in [5.41, 5.74) is 0.00398. The lowest BCUT2D eigenvalue weighted by atomic mass is 9.41. The highest BCUT2D eigenvalue weighted by molar-refractivity contribution is 5.69. The first kappa shape index (κ1) is 49.5. The number of ether oxygens (including phenoxy) is 1. The van der Waals surface area contributed by atoms with E-state index >= 15 is 8.78 Å². The van der Waals surface area contributed by atoms with Crippen LogP contribution in [0, 0.1) is 105 Å². The van der Waals surface area contributed by atoms with Crippen molar-refractivity contribution in [1.29, 1.82) is 0 Å². The summed E-state index contributed by atoms with van der Waals surface area (Å²) in [4.78, 5) is 22.8. The van der Waals surface area contributed by atoms with Crippen molar-refractivity contribution in [2.75, 3.05) is 7.11 Å². The molecule has 63 heavy (non-hydrogen) atoms. The molecule has 5 N–H and O–H groups in total. The number of fused-ring (bicyclic) bond motifs is 10. The molecule has 10 heteroatoms. The number of alkyl halides is 2. The van der Waals surface area contributed by atoms with E-state index in [2.05, 4.69) is 55.4 Å². The third kappa shape index (κ3) is 8.08. The first-order chi connectivity index (χ1) is 29.7. The van der Waals surface area contributed by atoms with Gasteiger partial charge in [0.15, 0.2) is 0 Å². The van der Waals surface area contributed by atoms with E-state index in [4.69, 9.17) is 9.84 Å². The lowest BCUT2D eigenvalue weighted by Crippen LogP contribution is -2.65. The van der Waals surface area contributed by atoms with Gasteiger partial charge in [0, 0.05) is 24.7 Å². The highest BCUT2D eigenvalue weighted by atomic mass is 19.1. The van der Waals surface area contributed by atoms with E-state index in [0.717, 1.165) is 89.9 Å². The van der Waals surface area contributed by atoms with Crippen LogP contribution in [0.2, 0.25) is 0 Å². The van der Waals surface area contributed by atoms with E-state index in [1.54, 1.807) is 0 Å². The molecule has 0 saturated heterocycles. The summed E-state index contributed by atoms with van der Waals surface area (Å²) in [5.74, 6) is 2.30. The van der Waals surface area contributed by atoms with Crippen molar-refractivity contribution in [2.45, 2.75) is 208 Å². The molecule has 8 nitrogen and oxygen atoms in total. The summed E-state index contributed by atoms with van der Waals surface area (Å²) in [6.07, 6.45) is 10.1. The molecule has 8 saturated carbocycles. The highest BCUT2D eigenvalue weighted by Gasteiger charge is 2.68. The summed E-state index contributed by atoms with van der Waals surface area (Å²) < 4.78 is 35.7. The average Bonchev–Trinajstić information content (AvgIpc) is 3.80. The molecule has 0 aromatic carbocycles. The van der Waals surface area contributed by atoms with Crippen LogP contribution in [-0.2, 0) is 14.3 Å². The van der Waals surface area contributed by atoms with E-state index in [0.29, 0.717) is 66.6 Å². The molecule has 8 aliphatic carbocycles. The van der Waals surface area contributed by atoms with Crippen molar-refractivity contribution >= 4 is 11.9 Å². The molecule has 0 spiro atoms. The second-order valence-corrected chi connectivity index (χ2v) is 24.3. The number of hydrogen-bond acceptors (Lipinski definition) is 7. The minimum Gasteiger partial charge on any atom is -0.481 e. The van der Waals surface area contributed by atoms with Gasteiger partial charge in [0.1, 0.15) is 12.3 Å². The van der Waals surface area contributed by atoms with Crippen molar-refractivity contribution in [3.63, 3.8) is 0 Å². The molecule has 0 heterocycles. The summed E-state index contributed by atoms with van der Waals surface area (Å²) in [6.45, 7) is 18.0. The Balaban J connectivity index is 0.000000189. The van der Waals surface area contributed by atoms with Gasteiger partial charge in [0.05, 0.1) is 31.5 Å². The van der Waals surface area contributed by atoms with Gasteiger partial charge in [-0.05, 0) is 183 Å². The second kappa shape index (κ2) is 18.6. The summed E-state index contributed by atoms with van der Waals surface area (Å²) in [7, 11) is 1.45. The molecule has 0 bridgehead atoms. The van der Waals surface area contributed by atoms with Gasteiger partial charge >= 0.3 is 11.9 Å². The Hall–Kier alpha value is -1.36. The number of carbonyl (C=O) groups excluding carboxylic acids is 1. The summed E-state index contributed by atoms with van der Waals surface area (Å²) in [5, 5.41) is 53.1. The second-order valence-electron chi connectivity index (χ2n) is 24.3. The Morgan fingerprint density at radius 3 is 1.32 bits per heavy atom. The number of aliphatic hydroxyl groups is 4. The predicted octanol–water partition coefficient (Wildman–Crippen LogP) is 10.2. The molecule has 8 aliphatic rings. The third-order valence-corrected chi connectivity index (χ3v) is 22.2. The summed E-state index contributed by atoms with van der Waals surface area (Å²) in [6, 6.07) is 0. The quantitative estimate of drug-likeness (QED) is 0.136. The van der Waals surface area contributed by atoms with Gasteiger partial charge < -0.3 is 30.3 Å². The number of methoxy groups -OCH3 is 1. The molecule has 24 atom stereocenters. The highest BCUT2D eigenvalue weighted by Crippen LogP contribution is 2.72. The molecule has 0 amide bonds. The lowest BCUT2D eigenvalue weighted by Gasteiger charge is -2.65. The van der Waals surface area contributed by atoms with E-state index in [1.165, 1.54) is 7.11 Å². The van der Waals surface area contributed by atoms with Crippen LogP contribution in [0.4, 0.5) is 8.78 Å². The first-order valence-electron chi connectivity index (χ1n) is 25.9. The van der Waals surface area contributed by atoms with Gasteiger partial charge in [-0.3, -0.25) is 9.59 Å². The van der Waals surface area contributed by atoms with Crippen LogP contribution in [0.1, 0.15) is 171 Å². The smallest absolute Gasteiger partial charge is 0.305 e. The molecule has 0 aliphatic heterocycles. The molecular formula is C53H88F2O8. The Labute approximate surface area is 378 Å². The SMILES string of the molecule is CC[C@@H]1[C@@H]2[C@@H](F)[C@H](O)CC[C@]2(C)C2CC[C@@]3(C)C(CCC3[C@H](C)CCC(=O)O)C2[C@@H]1O.CC[C@@H]1[C@@H]2[C@@H](F)[C@H](O)CC[C@]2(C)C2CC[C@@]3(C)C(CCC3[C@H](C)CCC(=O)OC)C2[C@@H]1O. The fourth-order valence-corrected chi connectivity index (χ4v) is 19.1. The van der Waals surface area contributed by atoms with Gasteiger partial charge in [-0.1, -0.05) is 68.2 Å². The number of aliphatic hydroxyl groups excluding tert-OH is 4. The number of carboxylic acids is 1. The van der Waals surface area contributed by atoms with Crippen LogP contribution in [0.5, 0.6) is 0 Å². The molecule has 8 fully saturated rings. The molecule has 8 rings (SSSR count). The number of halogens is 2. The minimum absolute atomic E-state index is 0.0793. The maximum atomic E-state index is 15.4. The number of carboxylic acid groups (broad SMARTS) is 1. The van der Waals surface area contributed by atoms with E-state index in [9.17, 15) is 30.0 Å². The van der Waals surface area contributed by atoms with Crippen molar-refractivity contribution in [3.05, 3.63) is 0 Å². The van der Waals surface area contributed by atoms with Gasteiger partial charge in [-0.25, -0.2) is 8.78 Å². The van der Waals surface area contributed by atoms with Gasteiger partial charge in [0.25, 0.3) is 0 Å². The standard InChI is InChI=1S/C27H45FO4.C26H43FO4/c1-6-16-23-24(28)20(29)12-14-27(23,4)19-11-13-26(3)17(15(2)7-10-21(30)32-5)8-9-18(26)22(19)25(16)31;1-5-15-22-23(27)19(28)11-13-26(22,4)18-10-12-25(3)16(14(2)6-9-20(29)30)7-8-17(25)21(18)24(15)31/h15-20,22-25,29,31H,6-14H2,1-5H3;14-19,21-24,28,31H,5-13H2,1-4H3,(H,29,30)/t15-,16-,17?,18?,19?,20-,22?,23-,24+,25-,26-,27-;14-,15-,16?,17?,18?,19-,21?,22-,23+,24-,25-,26-/m11/s1. The fourth-order valence-electron chi connectivity index (χ4n) is 19.1. The average molecular weight is 891 g/mol. The Morgan fingerprint density at radius 1 is 0.587 bits per heavy atom. The number of aliphatic carboxylic acids is 1. The summed E-state index contributed by atoms with van der Waals surface area (Å²) >= 11 is 0. The molecule has 0 aromatic heterocycles. The molecule has 0 radical (unpaired) electrons.